The largest absolute Gasteiger partial charge is 0.497 e. The number of rotatable bonds is 7. The molecule has 0 aromatic heterocycles. The molecule has 0 aliphatic carbocycles. The van der Waals surface area contributed by atoms with Gasteiger partial charge in [0.05, 0.1) is 34.0 Å². The molecule has 0 saturated carbocycles. The number of carbonyl (C=O) groups is 1. The Morgan fingerprint density at radius 3 is 2.55 bits per heavy atom. The van der Waals surface area contributed by atoms with E-state index in [0.29, 0.717) is 6.54 Å². The Labute approximate surface area is 183 Å². The van der Waals surface area contributed by atoms with Crippen LogP contribution in [0.3, 0.4) is 0 Å². The zero-order chi connectivity index (χ0) is 21.6. The lowest BCUT2D eigenvalue weighted by atomic mass is 10.0. The third-order valence-corrected chi connectivity index (χ3v) is 6.03. The number of anilines is 2. The Bertz CT molecular complexity index is 881. The van der Waals surface area contributed by atoms with E-state index in [-0.39, 0.29) is 11.9 Å². The van der Waals surface area contributed by atoms with E-state index in [0.717, 1.165) is 74.1 Å². The fraction of sp³-hybridized carbons (Fsp3) is 0.458. The van der Waals surface area contributed by atoms with Crippen LogP contribution in [-0.4, -0.2) is 64.4 Å². The van der Waals surface area contributed by atoms with Crippen LogP contribution in [0.4, 0.5) is 11.4 Å². The summed E-state index contributed by atoms with van der Waals surface area (Å²) in [6, 6.07) is 14.0. The van der Waals surface area contributed by atoms with Gasteiger partial charge in [-0.1, -0.05) is 0 Å². The molecule has 1 unspecified atom stereocenters. The molecule has 2 aliphatic rings. The fourth-order valence-electron chi connectivity index (χ4n) is 4.43. The number of benzene rings is 2. The molecule has 0 spiro atoms. The number of morpholine rings is 1. The van der Waals surface area contributed by atoms with Gasteiger partial charge in [-0.2, -0.15) is 0 Å². The third-order valence-electron chi connectivity index (χ3n) is 6.03. The molecule has 7 heteroatoms. The van der Waals surface area contributed by atoms with Crippen molar-refractivity contribution in [2.75, 3.05) is 63.8 Å². The molecule has 7 nitrogen and oxygen atoms in total. The summed E-state index contributed by atoms with van der Waals surface area (Å²) in [4.78, 5) is 17.3. The lowest BCUT2D eigenvalue weighted by molar-refractivity contribution is -0.117. The van der Waals surface area contributed by atoms with E-state index in [9.17, 15) is 4.79 Å². The van der Waals surface area contributed by atoms with Crippen LogP contribution in [0.15, 0.2) is 42.5 Å². The molecule has 4 rings (SSSR count). The van der Waals surface area contributed by atoms with E-state index in [1.807, 2.05) is 30.3 Å². The molecule has 1 N–H and O–H groups in total. The van der Waals surface area contributed by atoms with Gasteiger partial charge in [0.15, 0.2) is 0 Å². The minimum Gasteiger partial charge on any atom is -0.497 e. The second-order valence-corrected chi connectivity index (χ2v) is 7.93. The van der Waals surface area contributed by atoms with Crippen molar-refractivity contribution >= 4 is 17.3 Å². The molecule has 166 valence electrons. The molecular formula is C24H31N3O4. The summed E-state index contributed by atoms with van der Waals surface area (Å²) in [5.41, 5.74) is 3.05. The molecule has 2 aromatic rings. The number of likely N-dealkylation sites (tertiary alicyclic amines) is 1. The molecule has 31 heavy (non-hydrogen) atoms. The number of nitrogens with zero attached hydrogens (tertiary/aromatic N) is 2. The standard InChI is InChI=1S/C24H31N3O4/c1-29-20-9-10-23(30-2)21(16-20)22-4-3-11-27(22)17-24(28)25-18-5-7-19(8-6-18)26-12-14-31-15-13-26/h5-10,16,22H,3-4,11-15,17H2,1-2H3,(H,25,28). The summed E-state index contributed by atoms with van der Waals surface area (Å²) in [5.74, 6) is 1.62. The van der Waals surface area contributed by atoms with E-state index >= 15 is 0 Å². The maximum Gasteiger partial charge on any atom is 0.238 e. The Kier molecular flexibility index (Phi) is 6.94. The summed E-state index contributed by atoms with van der Waals surface area (Å²) in [6.45, 7) is 4.54. The molecule has 1 amide bonds. The molecule has 2 fully saturated rings. The summed E-state index contributed by atoms with van der Waals surface area (Å²) in [5, 5.41) is 3.04. The quantitative estimate of drug-likeness (QED) is 0.734. The average Bonchev–Trinajstić information content (AvgIpc) is 3.27. The first-order valence-electron chi connectivity index (χ1n) is 10.9. The minimum atomic E-state index is -0.00659. The number of carbonyl (C=O) groups excluding carboxylic acids is 1. The molecule has 1 atom stereocenters. The second kappa shape index (κ2) is 10.0. The number of hydrogen-bond donors (Lipinski definition) is 1. The molecular weight excluding hydrogens is 394 g/mol. The van der Waals surface area contributed by atoms with Crippen LogP contribution in [0.5, 0.6) is 11.5 Å². The van der Waals surface area contributed by atoms with Crippen LogP contribution < -0.4 is 19.7 Å². The molecule has 2 heterocycles. The predicted octanol–water partition coefficient (Wildman–Crippen LogP) is 3.32. The molecule has 2 saturated heterocycles. The van der Waals surface area contributed by atoms with E-state index in [1.165, 1.54) is 0 Å². The van der Waals surface area contributed by atoms with Crippen molar-refractivity contribution in [2.24, 2.45) is 0 Å². The SMILES string of the molecule is COc1ccc(OC)c(C2CCCN2CC(=O)Nc2ccc(N3CCOCC3)cc2)c1. The number of amides is 1. The number of ether oxygens (including phenoxy) is 3. The van der Waals surface area contributed by atoms with Crippen molar-refractivity contribution < 1.29 is 19.0 Å². The first-order valence-corrected chi connectivity index (χ1v) is 10.9. The van der Waals surface area contributed by atoms with Crippen molar-refractivity contribution in [3.8, 4) is 11.5 Å². The van der Waals surface area contributed by atoms with Crippen molar-refractivity contribution in [1.29, 1.82) is 0 Å². The lowest BCUT2D eigenvalue weighted by Gasteiger charge is -2.29. The van der Waals surface area contributed by atoms with Crippen LogP contribution in [0, 0.1) is 0 Å². The highest BCUT2D eigenvalue weighted by molar-refractivity contribution is 5.92. The minimum absolute atomic E-state index is 0.00659. The van der Waals surface area contributed by atoms with Gasteiger partial charge in [-0.15, -0.1) is 0 Å². The van der Waals surface area contributed by atoms with Crippen molar-refractivity contribution in [2.45, 2.75) is 18.9 Å². The van der Waals surface area contributed by atoms with Gasteiger partial charge in [0.1, 0.15) is 11.5 Å². The zero-order valence-electron chi connectivity index (χ0n) is 18.3. The maximum absolute atomic E-state index is 12.8. The maximum atomic E-state index is 12.8. The van der Waals surface area contributed by atoms with Gasteiger partial charge in [0.2, 0.25) is 5.91 Å². The van der Waals surface area contributed by atoms with E-state index in [1.54, 1.807) is 14.2 Å². The van der Waals surface area contributed by atoms with Gasteiger partial charge in [0.25, 0.3) is 0 Å². The molecule has 0 bridgehead atoms. The highest BCUT2D eigenvalue weighted by Crippen LogP contribution is 2.38. The second-order valence-electron chi connectivity index (χ2n) is 7.93. The zero-order valence-corrected chi connectivity index (χ0v) is 18.3. The Morgan fingerprint density at radius 2 is 1.84 bits per heavy atom. The number of nitrogens with one attached hydrogen (secondary N) is 1. The van der Waals surface area contributed by atoms with Crippen molar-refractivity contribution in [1.82, 2.24) is 4.90 Å². The molecule has 0 radical (unpaired) electrons. The fourth-order valence-corrected chi connectivity index (χ4v) is 4.43. The van der Waals surface area contributed by atoms with Crippen LogP contribution >= 0.6 is 0 Å². The summed E-state index contributed by atoms with van der Waals surface area (Å²) >= 11 is 0. The normalized spacial score (nSPS) is 19.3. The van der Waals surface area contributed by atoms with E-state index in [2.05, 4.69) is 27.2 Å². The van der Waals surface area contributed by atoms with E-state index in [4.69, 9.17) is 14.2 Å². The van der Waals surface area contributed by atoms with Gasteiger partial charge < -0.3 is 24.4 Å². The highest BCUT2D eigenvalue weighted by atomic mass is 16.5. The van der Waals surface area contributed by atoms with Gasteiger partial charge in [-0.25, -0.2) is 0 Å². The highest BCUT2D eigenvalue weighted by Gasteiger charge is 2.30. The topological polar surface area (TPSA) is 63.3 Å². The van der Waals surface area contributed by atoms with Gasteiger partial charge in [0, 0.05) is 36.1 Å². The molecule has 2 aromatic carbocycles. The summed E-state index contributed by atoms with van der Waals surface area (Å²) < 4.78 is 16.4. The monoisotopic (exact) mass is 425 g/mol. The smallest absolute Gasteiger partial charge is 0.238 e. The van der Waals surface area contributed by atoms with Gasteiger partial charge in [-0.3, -0.25) is 9.69 Å². The predicted molar refractivity (Wildman–Crippen MR) is 121 cm³/mol. The summed E-state index contributed by atoms with van der Waals surface area (Å²) in [6.07, 6.45) is 2.04. The first kappa shape index (κ1) is 21.5. The Hall–Kier alpha value is -2.77. The Morgan fingerprint density at radius 1 is 1.06 bits per heavy atom. The van der Waals surface area contributed by atoms with E-state index < -0.39 is 0 Å². The van der Waals surface area contributed by atoms with Crippen LogP contribution in [0.2, 0.25) is 0 Å². The van der Waals surface area contributed by atoms with Crippen molar-refractivity contribution in [3.63, 3.8) is 0 Å². The number of hydrogen-bond acceptors (Lipinski definition) is 6. The third kappa shape index (κ3) is 5.11. The average molecular weight is 426 g/mol. The van der Waals surface area contributed by atoms with Crippen LogP contribution in [0.1, 0.15) is 24.4 Å². The van der Waals surface area contributed by atoms with Gasteiger partial charge in [-0.05, 0) is 61.9 Å². The van der Waals surface area contributed by atoms with Crippen molar-refractivity contribution in [3.05, 3.63) is 48.0 Å². The first-order chi connectivity index (χ1) is 15.2. The lowest BCUT2D eigenvalue weighted by Crippen LogP contribution is -2.36. The Balaban J connectivity index is 1.39. The number of methoxy groups -OCH3 is 2. The summed E-state index contributed by atoms with van der Waals surface area (Å²) in [7, 11) is 3.34. The van der Waals surface area contributed by atoms with Crippen LogP contribution in [-0.2, 0) is 9.53 Å². The molecule has 2 aliphatic heterocycles. The van der Waals surface area contributed by atoms with Gasteiger partial charge >= 0.3 is 0 Å². The van der Waals surface area contributed by atoms with Crippen LogP contribution in [0.25, 0.3) is 0 Å².